The molecule has 0 heterocycles. The smallest absolute Gasteiger partial charge is 0.265 e. The van der Waals surface area contributed by atoms with Gasteiger partial charge in [-0.3, -0.25) is 4.79 Å². The van der Waals surface area contributed by atoms with Gasteiger partial charge in [0.25, 0.3) is 5.91 Å². The van der Waals surface area contributed by atoms with Crippen LogP contribution in [0.5, 0.6) is 11.5 Å². The van der Waals surface area contributed by atoms with Crippen molar-refractivity contribution >= 4 is 11.6 Å². The van der Waals surface area contributed by atoms with Crippen molar-refractivity contribution in [3.63, 3.8) is 0 Å². The molecule has 2 aromatic carbocycles. The van der Waals surface area contributed by atoms with Crippen LogP contribution in [0.4, 0.5) is 5.69 Å². The molecule has 0 radical (unpaired) electrons. The highest BCUT2D eigenvalue weighted by Crippen LogP contribution is 2.19. The number of hydrogen-bond acceptors (Lipinski definition) is 4. The summed E-state index contributed by atoms with van der Waals surface area (Å²) < 4.78 is 10.6. The standard InChI is InChI=1S/C17H16N2O3/c1-12(22-16-6-4-3-5-13(16)11-18)17(20)19-14-7-9-15(21-2)10-8-14/h3-10,12H,1-2H3,(H,19,20). The van der Waals surface area contributed by atoms with Crippen LogP contribution in [0.15, 0.2) is 48.5 Å². The minimum absolute atomic E-state index is 0.294. The van der Waals surface area contributed by atoms with Gasteiger partial charge in [0.15, 0.2) is 6.10 Å². The molecule has 0 saturated carbocycles. The first-order chi connectivity index (χ1) is 10.6. The van der Waals surface area contributed by atoms with E-state index in [-0.39, 0.29) is 5.91 Å². The van der Waals surface area contributed by atoms with Crippen LogP contribution in [0.2, 0.25) is 0 Å². The van der Waals surface area contributed by atoms with Crippen molar-refractivity contribution in [2.45, 2.75) is 13.0 Å². The summed E-state index contributed by atoms with van der Waals surface area (Å²) in [6.07, 6.45) is -0.725. The summed E-state index contributed by atoms with van der Waals surface area (Å²) in [5, 5.41) is 11.8. The van der Waals surface area contributed by atoms with Crippen LogP contribution in [0.1, 0.15) is 12.5 Å². The summed E-state index contributed by atoms with van der Waals surface area (Å²) in [4.78, 5) is 12.1. The molecular weight excluding hydrogens is 280 g/mol. The minimum Gasteiger partial charge on any atom is -0.497 e. The van der Waals surface area contributed by atoms with Crippen molar-refractivity contribution in [2.24, 2.45) is 0 Å². The van der Waals surface area contributed by atoms with Gasteiger partial charge >= 0.3 is 0 Å². The fourth-order valence-electron chi connectivity index (χ4n) is 1.82. The Kier molecular flexibility index (Phi) is 4.99. The van der Waals surface area contributed by atoms with Gasteiger partial charge in [-0.15, -0.1) is 0 Å². The van der Waals surface area contributed by atoms with Crippen molar-refractivity contribution in [3.8, 4) is 17.6 Å². The Labute approximate surface area is 129 Å². The van der Waals surface area contributed by atoms with Crippen LogP contribution in [0.3, 0.4) is 0 Å². The predicted molar refractivity (Wildman–Crippen MR) is 82.9 cm³/mol. The summed E-state index contributed by atoms with van der Waals surface area (Å²) in [7, 11) is 1.58. The number of benzene rings is 2. The van der Waals surface area contributed by atoms with Gasteiger partial charge in [0.1, 0.15) is 17.6 Å². The quantitative estimate of drug-likeness (QED) is 0.920. The number of carbonyl (C=O) groups excluding carboxylic acids is 1. The van der Waals surface area contributed by atoms with E-state index in [2.05, 4.69) is 5.32 Å². The van der Waals surface area contributed by atoms with Crippen molar-refractivity contribution in [1.29, 1.82) is 5.26 Å². The number of ether oxygens (including phenoxy) is 2. The molecule has 0 aromatic heterocycles. The molecule has 0 bridgehead atoms. The lowest BCUT2D eigenvalue weighted by Gasteiger charge is -2.15. The third-order valence-corrected chi connectivity index (χ3v) is 3.04. The zero-order valence-corrected chi connectivity index (χ0v) is 12.4. The molecule has 1 N–H and O–H groups in total. The zero-order valence-electron chi connectivity index (χ0n) is 12.4. The molecule has 5 heteroatoms. The normalized spacial score (nSPS) is 11.1. The molecular formula is C17H16N2O3. The maximum atomic E-state index is 12.1. The number of nitrogens with one attached hydrogen (secondary N) is 1. The van der Waals surface area contributed by atoms with Gasteiger partial charge in [-0.1, -0.05) is 12.1 Å². The molecule has 0 aliphatic rings. The Bertz CT molecular complexity index is 690. The Balaban J connectivity index is 2.01. The van der Waals surface area contributed by atoms with Crippen LogP contribution >= 0.6 is 0 Å². The average Bonchev–Trinajstić information content (AvgIpc) is 2.56. The summed E-state index contributed by atoms with van der Waals surface area (Å²) >= 11 is 0. The van der Waals surface area contributed by atoms with E-state index in [1.54, 1.807) is 62.6 Å². The van der Waals surface area contributed by atoms with E-state index in [0.29, 0.717) is 22.7 Å². The second kappa shape index (κ2) is 7.14. The zero-order chi connectivity index (χ0) is 15.9. The van der Waals surface area contributed by atoms with Crippen LogP contribution in [0, 0.1) is 11.3 Å². The van der Waals surface area contributed by atoms with Crippen molar-refractivity contribution in [2.75, 3.05) is 12.4 Å². The highest BCUT2D eigenvalue weighted by molar-refractivity contribution is 5.94. The molecule has 112 valence electrons. The van der Waals surface area contributed by atoms with E-state index < -0.39 is 6.10 Å². The molecule has 0 aliphatic heterocycles. The predicted octanol–water partition coefficient (Wildman–Crippen LogP) is 2.97. The van der Waals surface area contributed by atoms with E-state index >= 15 is 0 Å². The highest BCUT2D eigenvalue weighted by atomic mass is 16.5. The van der Waals surface area contributed by atoms with Crippen molar-refractivity contribution in [1.82, 2.24) is 0 Å². The van der Waals surface area contributed by atoms with E-state index in [9.17, 15) is 4.79 Å². The fourth-order valence-corrected chi connectivity index (χ4v) is 1.82. The number of rotatable bonds is 5. The van der Waals surface area contributed by atoms with Crippen molar-refractivity contribution in [3.05, 3.63) is 54.1 Å². The largest absolute Gasteiger partial charge is 0.497 e. The van der Waals surface area contributed by atoms with Gasteiger partial charge in [0.05, 0.1) is 12.7 Å². The number of anilines is 1. The molecule has 2 rings (SSSR count). The van der Waals surface area contributed by atoms with Crippen molar-refractivity contribution < 1.29 is 14.3 Å². The molecule has 1 atom stereocenters. The fraction of sp³-hybridized carbons (Fsp3) is 0.176. The van der Waals surface area contributed by atoms with Gasteiger partial charge in [-0.25, -0.2) is 0 Å². The van der Waals surface area contributed by atoms with Crippen LogP contribution in [0.25, 0.3) is 0 Å². The number of para-hydroxylation sites is 1. The molecule has 22 heavy (non-hydrogen) atoms. The number of hydrogen-bond donors (Lipinski definition) is 1. The Morgan fingerprint density at radius 3 is 2.50 bits per heavy atom. The van der Waals surface area contributed by atoms with E-state index in [1.165, 1.54) is 0 Å². The molecule has 0 saturated heterocycles. The van der Waals surface area contributed by atoms with Gasteiger partial charge in [0, 0.05) is 5.69 Å². The van der Waals surface area contributed by atoms with Crippen LogP contribution in [-0.2, 0) is 4.79 Å². The topological polar surface area (TPSA) is 71.3 Å². The first-order valence-corrected chi connectivity index (χ1v) is 6.74. The van der Waals surface area contributed by atoms with E-state index in [0.717, 1.165) is 0 Å². The summed E-state index contributed by atoms with van der Waals surface area (Å²) in [6, 6.07) is 15.8. The lowest BCUT2D eigenvalue weighted by atomic mass is 10.2. The first-order valence-electron chi connectivity index (χ1n) is 6.74. The molecule has 0 spiro atoms. The molecule has 1 unspecified atom stereocenters. The number of amides is 1. The SMILES string of the molecule is COc1ccc(NC(=O)C(C)Oc2ccccc2C#N)cc1. The summed E-state index contributed by atoms with van der Waals surface area (Å²) in [5.74, 6) is 0.811. The Morgan fingerprint density at radius 1 is 1.18 bits per heavy atom. The van der Waals surface area contributed by atoms with Gasteiger partial charge in [-0.05, 0) is 43.3 Å². The van der Waals surface area contributed by atoms with Gasteiger partial charge in [0.2, 0.25) is 0 Å². The van der Waals surface area contributed by atoms with E-state index in [1.807, 2.05) is 6.07 Å². The molecule has 2 aromatic rings. The van der Waals surface area contributed by atoms with Gasteiger partial charge in [-0.2, -0.15) is 5.26 Å². The minimum atomic E-state index is -0.725. The third-order valence-electron chi connectivity index (χ3n) is 3.04. The first kappa shape index (κ1) is 15.4. The lowest BCUT2D eigenvalue weighted by Crippen LogP contribution is -2.30. The maximum absolute atomic E-state index is 12.1. The monoisotopic (exact) mass is 296 g/mol. The molecule has 1 amide bonds. The Hall–Kier alpha value is -3.00. The Morgan fingerprint density at radius 2 is 1.86 bits per heavy atom. The van der Waals surface area contributed by atoms with E-state index in [4.69, 9.17) is 14.7 Å². The highest BCUT2D eigenvalue weighted by Gasteiger charge is 2.16. The van der Waals surface area contributed by atoms with Crippen LogP contribution < -0.4 is 14.8 Å². The van der Waals surface area contributed by atoms with Crippen LogP contribution in [-0.4, -0.2) is 19.1 Å². The number of carbonyl (C=O) groups is 1. The molecule has 0 fully saturated rings. The number of nitrogens with zero attached hydrogens (tertiary/aromatic N) is 1. The van der Waals surface area contributed by atoms with Gasteiger partial charge < -0.3 is 14.8 Å². The summed E-state index contributed by atoms with van der Waals surface area (Å²) in [6.45, 7) is 1.63. The number of methoxy groups -OCH3 is 1. The average molecular weight is 296 g/mol. The lowest BCUT2D eigenvalue weighted by molar-refractivity contribution is -0.122. The summed E-state index contributed by atoms with van der Waals surface area (Å²) in [5.41, 5.74) is 1.04. The molecule has 0 aliphatic carbocycles. The second-order valence-corrected chi connectivity index (χ2v) is 4.59. The number of nitriles is 1. The third kappa shape index (κ3) is 3.76. The maximum Gasteiger partial charge on any atom is 0.265 e. The molecule has 5 nitrogen and oxygen atoms in total. The second-order valence-electron chi connectivity index (χ2n) is 4.59.